The van der Waals surface area contributed by atoms with Gasteiger partial charge in [0.15, 0.2) is 0 Å². The molecule has 62 heavy (non-hydrogen) atoms. The summed E-state index contributed by atoms with van der Waals surface area (Å²) in [5.41, 5.74) is 16.7. The second kappa shape index (κ2) is 17.2. The Hall–Kier alpha value is -6.38. The van der Waals surface area contributed by atoms with Gasteiger partial charge in [-0.1, -0.05) is 237 Å². The second-order valence-corrected chi connectivity index (χ2v) is 18.9. The Morgan fingerprint density at radius 2 is 0.726 bits per heavy atom. The van der Waals surface area contributed by atoms with E-state index < -0.39 is 0 Å². The molecule has 8 aromatic rings. The van der Waals surface area contributed by atoms with E-state index in [4.69, 9.17) is 0 Å². The molecule has 0 bridgehead atoms. The minimum absolute atomic E-state index is 0.0339. The number of rotatable bonds is 12. The summed E-state index contributed by atoms with van der Waals surface area (Å²) in [5, 5.41) is 11.4. The molecule has 8 aromatic carbocycles. The molecule has 0 spiro atoms. The molecule has 0 amide bonds. The first-order valence-corrected chi connectivity index (χ1v) is 22.6. The van der Waals surface area contributed by atoms with Crippen molar-refractivity contribution in [3.8, 4) is 0 Å². The van der Waals surface area contributed by atoms with Crippen LogP contribution in [-0.4, -0.2) is 0 Å². The molecular formula is C60H60N2. The largest absolute Gasteiger partial charge is 0.375 e. The normalized spacial score (nSPS) is 15.0. The lowest BCUT2D eigenvalue weighted by Crippen LogP contribution is -2.26. The van der Waals surface area contributed by atoms with Gasteiger partial charge < -0.3 is 10.6 Å². The monoisotopic (exact) mass is 808 g/mol. The van der Waals surface area contributed by atoms with E-state index in [0.29, 0.717) is 11.8 Å². The van der Waals surface area contributed by atoms with E-state index in [1.165, 1.54) is 83.3 Å². The van der Waals surface area contributed by atoms with E-state index in [9.17, 15) is 0 Å². The first-order chi connectivity index (χ1) is 30.1. The predicted octanol–water partition coefficient (Wildman–Crippen LogP) is 16.1. The zero-order valence-electron chi connectivity index (χ0n) is 37.4. The van der Waals surface area contributed by atoms with Gasteiger partial charge in [0.1, 0.15) is 0 Å². The van der Waals surface area contributed by atoms with Crippen molar-refractivity contribution < 1.29 is 0 Å². The van der Waals surface area contributed by atoms with Crippen LogP contribution in [0.5, 0.6) is 0 Å². The van der Waals surface area contributed by atoms with Crippen molar-refractivity contribution in [3.63, 3.8) is 0 Å². The van der Waals surface area contributed by atoms with Gasteiger partial charge >= 0.3 is 0 Å². The van der Waals surface area contributed by atoms with Gasteiger partial charge in [0, 0.05) is 23.2 Å². The van der Waals surface area contributed by atoms with Crippen LogP contribution in [0, 0.1) is 0 Å². The highest BCUT2D eigenvalue weighted by molar-refractivity contribution is 5.93. The molecule has 9 rings (SSSR count). The van der Waals surface area contributed by atoms with Crippen molar-refractivity contribution in [2.45, 2.75) is 89.6 Å². The third kappa shape index (κ3) is 7.84. The molecule has 2 heteroatoms. The van der Waals surface area contributed by atoms with Crippen molar-refractivity contribution in [1.82, 2.24) is 0 Å². The number of nitrogens with one attached hydrogen (secondary N) is 2. The number of anilines is 2. The van der Waals surface area contributed by atoms with Crippen molar-refractivity contribution >= 4 is 22.1 Å². The molecule has 0 saturated heterocycles. The second-order valence-electron chi connectivity index (χ2n) is 18.9. The molecule has 0 aromatic heterocycles. The van der Waals surface area contributed by atoms with Crippen LogP contribution in [0.2, 0.25) is 0 Å². The Labute approximate surface area is 370 Å². The topological polar surface area (TPSA) is 24.1 Å². The molecule has 2 atom stereocenters. The lowest BCUT2D eigenvalue weighted by atomic mass is 9.74. The quantitative estimate of drug-likeness (QED) is 0.120. The van der Waals surface area contributed by atoms with E-state index in [2.05, 4.69) is 247 Å². The first kappa shape index (κ1) is 41.0. The SMILES string of the molecule is CC(C)c1cccc(C(C)C)c1NC1c2cccc3cccc(c23)C1Nc1c(C(c2ccccc2)c2ccccc2)cc(C(C)(C)C)cc1C(c1ccccc1)c1ccccc1. The van der Waals surface area contributed by atoms with Gasteiger partial charge in [0.2, 0.25) is 0 Å². The third-order valence-electron chi connectivity index (χ3n) is 13.2. The molecule has 0 heterocycles. The maximum absolute atomic E-state index is 4.51. The van der Waals surface area contributed by atoms with E-state index in [-0.39, 0.29) is 29.3 Å². The van der Waals surface area contributed by atoms with E-state index in [0.717, 1.165) is 0 Å². The van der Waals surface area contributed by atoms with Gasteiger partial charge in [-0.05, 0) is 89.2 Å². The van der Waals surface area contributed by atoms with Crippen LogP contribution in [0.25, 0.3) is 10.8 Å². The molecule has 2 N–H and O–H groups in total. The molecule has 1 aliphatic rings. The van der Waals surface area contributed by atoms with Crippen molar-refractivity contribution in [1.29, 1.82) is 0 Å². The molecule has 0 saturated carbocycles. The molecular weight excluding hydrogens is 749 g/mol. The van der Waals surface area contributed by atoms with Gasteiger partial charge in [-0.25, -0.2) is 0 Å². The molecule has 1 aliphatic carbocycles. The smallest absolute Gasteiger partial charge is 0.0763 e. The minimum atomic E-state index is -0.120. The first-order valence-electron chi connectivity index (χ1n) is 22.6. The lowest BCUT2D eigenvalue weighted by molar-refractivity contribution is 0.587. The summed E-state index contributed by atoms with van der Waals surface area (Å²) < 4.78 is 0. The van der Waals surface area contributed by atoms with E-state index in [1.807, 2.05) is 0 Å². The summed E-state index contributed by atoms with van der Waals surface area (Å²) in [4.78, 5) is 0. The van der Waals surface area contributed by atoms with Gasteiger partial charge in [0.05, 0.1) is 12.1 Å². The fourth-order valence-corrected chi connectivity index (χ4v) is 10.1. The number of para-hydroxylation sites is 1. The Bertz CT molecular complexity index is 2570. The third-order valence-corrected chi connectivity index (χ3v) is 13.2. The molecule has 0 radical (unpaired) electrons. The fourth-order valence-electron chi connectivity index (χ4n) is 10.1. The summed E-state index contributed by atoms with van der Waals surface area (Å²) in [6, 6.07) is 70.1. The molecule has 0 fully saturated rings. The predicted molar refractivity (Wildman–Crippen MR) is 264 cm³/mol. The number of hydrogen-bond donors (Lipinski definition) is 2. The minimum Gasteiger partial charge on any atom is -0.375 e. The fraction of sp³-hybridized carbons (Fsp3) is 0.233. The Morgan fingerprint density at radius 1 is 0.387 bits per heavy atom. The molecule has 310 valence electrons. The highest BCUT2D eigenvalue weighted by atomic mass is 15.1. The zero-order valence-corrected chi connectivity index (χ0v) is 37.4. The molecule has 2 unspecified atom stereocenters. The van der Waals surface area contributed by atoms with Crippen molar-refractivity contribution in [2.75, 3.05) is 10.6 Å². The van der Waals surface area contributed by atoms with Gasteiger partial charge in [0.25, 0.3) is 0 Å². The van der Waals surface area contributed by atoms with Crippen LogP contribution >= 0.6 is 0 Å². The van der Waals surface area contributed by atoms with Gasteiger partial charge in [-0.2, -0.15) is 0 Å². The summed E-state index contributed by atoms with van der Waals surface area (Å²) in [7, 11) is 0. The van der Waals surface area contributed by atoms with Crippen molar-refractivity contribution in [2.24, 2.45) is 0 Å². The Kier molecular flexibility index (Phi) is 11.4. The van der Waals surface area contributed by atoms with Gasteiger partial charge in [-0.15, -0.1) is 0 Å². The number of benzene rings is 8. The maximum Gasteiger partial charge on any atom is 0.0763 e. The van der Waals surface area contributed by atoms with Crippen LogP contribution < -0.4 is 10.6 Å². The van der Waals surface area contributed by atoms with Crippen molar-refractivity contribution in [3.05, 3.63) is 249 Å². The molecule has 2 nitrogen and oxygen atoms in total. The highest BCUT2D eigenvalue weighted by Crippen LogP contribution is 2.52. The Morgan fingerprint density at radius 3 is 1.06 bits per heavy atom. The Balaban J connectivity index is 1.36. The lowest BCUT2D eigenvalue weighted by Gasteiger charge is -2.35. The number of hydrogen-bond acceptors (Lipinski definition) is 2. The van der Waals surface area contributed by atoms with E-state index in [1.54, 1.807) is 0 Å². The average molecular weight is 809 g/mol. The van der Waals surface area contributed by atoms with Crippen LogP contribution in [0.3, 0.4) is 0 Å². The summed E-state index contributed by atoms with van der Waals surface area (Å²) in [6.45, 7) is 16.4. The van der Waals surface area contributed by atoms with E-state index >= 15 is 0 Å². The van der Waals surface area contributed by atoms with Crippen LogP contribution in [0.1, 0.15) is 145 Å². The summed E-state index contributed by atoms with van der Waals surface area (Å²) in [6.07, 6.45) is 0. The van der Waals surface area contributed by atoms with Crippen LogP contribution in [0.15, 0.2) is 188 Å². The molecule has 0 aliphatic heterocycles. The van der Waals surface area contributed by atoms with Crippen LogP contribution in [0.4, 0.5) is 11.4 Å². The summed E-state index contributed by atoms with van der Waals surface area (Å²) in [5.74, 6) is 0.655. The average Bonchev–Trinajstić information content (AvgIpc) is 3.58. The van der Waals surface area contributed by atoms with Gasteiger partial charge in [-0.3, -0.25) is 0 Å². The zero-order chi connectivity index (χ0) is 43.0. The maximum atomic E-state index is 4.51. The highest BCUT2D eigenvalue weighted by Gasteiger charge is 2.38. The summed E-state index contributed by atoms with van der Waals surface area (Å²) >= 11 is 0. The standard InChI is InChI=1S/C60H60N2/c1-39(2)47-33-22-34-48(40(3)4)56(47)61-58-49-35-20-31-45-32-21-36-50(55(45)49)59(58)62-57-51(53(41-23-12-8-13-24-41)42-25-14-9-15-26-42)37-46(60(5,6)7)38-52(57)54(43-27-16-10-17-28-43)44-29-18-11-19-30-44/h8-40,53-54,58-59,61-62H,1-7H3. The van der Waals surface area contributed by atoms with Crippen LogP contribution in [-0.2, 0) is 5.41 Å².